The van der Waals surface area contributed by atoms with Crippen molar-refractivity contribution in [2.24, 2.45) is 0 Å². The first-order valence-corrected chi connectivity index (χ1v) is 8.13. The minimum Gasteiger partial charge on any atom is -0.466 e. The largest absolute Gasteiger partial charge is 0.466 e. The average molecular weight is 334 g/mol. The van der Waals surface area contributed by atoms with E-state index in [0.29, 0.717) is 52.9 Å². The third-order valence-corrected chi connectivity index (χ3v) is 2.72. The summed E-state index contributed by atoms with van der Waals surface area (Å²) in [6.07, 6.45) is 3.35. The van der Waals surface area contributed by atoms with Crippen molar-refractivity contribution < 1.29 is 33.3 Å². The van der Waals surface area contributed by atoms with Crippen LogP contribution in [0.25, 0.3) is 0 Å². The minimum absolute atomic E-state index is 0.245. The van der Waals surface area contributed by atoms with Gasteiger partial charge in [-0.1, -0.05) is 0 Å². The van der Waals surface area contributed by atoms with E-state index < -0.39 is 0 Å². The molecule has 0 aromatic heterocycles. The van der Waals surface area contributed by atoms with E-state index in [1.165, 1.54) is 13.8 Å². The van der Waals surface area contributed by atoms with Crippen LogP contribution < -0.4 is 0 Å². The van der Waals surface area contributed by atoms with Gasteiger partial charge in [-0.2, -0.15) is 0 Å². The number of esters is 2. The third kappa shape index (κ3) is 20.8. The summed E-state index contributed by atoms with van der Waals surface area (Å²) < 4.78 is 25.8. The lowest BCUT2D eigenvalue weighted by Crippen LogP contribution is -2.11. The Hall–Kier alpha value is -1.18. The summed E-state index contributed by atoms with van der Waals surface area (Å²) in [6.45, 7) is 7.18. The zero-order valence-electron chi connectivity index (χ0n) is 14.3. The van der Waals surface area contributed by atoms with Gasteiger partial charge in [0.05, 0.1) is 39.6 Å². The van der Waals surface area contributed by atoms with Crippen molar-refractivity contribution in [3.05, 3.63) is 0 Å². The molecule has 136 valence electrons. The fourth-order valence-corrected chi connectivity index (χ4v) is 1.59. The molecule has 0 aromatic rings. The zero-order valence-corrected chi connectivity index (χ0v) is 14.3. The van der Waals surface area contributed by atoms with Crippen molar-refractivity contribution in [3.8, 4) is 0 Å². The number of ether oxygens (including phenoxy) is 5. The maximum atomic E-state index is 10.5. The summed E-state index contributed by atoms with van der Waals surface area (Å²) >= 11 is 0. The highest BCUT2D eigenvalue weighted by atomic mass is 16.5. The Balaban J connectivity index is 3.00. The Morgan fingerprint density at radius 2 is 0.826 bits per heavy atom. The molecular formula is C16H30O7. The molecule has 0 N–H and O–H groups in total. The van der Waals surface area contributed by atoms with E-state index in [9.17, 15) is 9.59 Å². The van der Waals surface area contributed by atoms with Gasteiger partial charge in [0, 0.05) is 27.1 Å². The van der Waals surface area contributed by atoms with E-state index in [1.54, 1.807) is 0 Å². The SMILES string of the molecule is CC(=O)OCCCCOCCOCCOCCCCOC(C)=O. The summed E-state index contributed by atoms with van der Waals surface area (Å²) in [4.78, 5) is 21.0. The fourth-order valence-electron chi connectivity index (χ4n) is 1.59. The van der Waals surface area contributed by atoms with Crippen LogP contribution in [0.2, 0.25) is 0 Å². The monoisotopic (exact) mass is 334 g/mol. The lowest BCUT2D eigenvalue weighted by molar-refractivity contribution is -0.142. The normalized spacial score (nSPS) is 10.5. The number of unbranched alkanes of at least 4 members (excludes halogenated alkanes) is 2. The predicted octanol–water partition coefficient (Wildman–Crippen LogP) is 1.72. The number of hydrogen-bond acceptors (Lipinski definition) is 7. The van der Waals surface area contributed by atoms with Gasteiger partial charge in [-0.05, 0) is 25.7 Å². The van der Waals surface area contributed by atoms with Crippen LogP contribution in [0, 0.1) is 0 Å². The topological polar surface area (TPSA) is 80.3 Å². The smallest absolute Gasteiger partial charge is 0.302 e. The van der Waals surface area contributed by atoms with Crippen LogP contribution in [0.1, 0.15) is 39.5 Å². The molecule has 0 fully saturated rings. The molecule has 0 aliphatic carbocycles. The summed E-state index contributed by atoms with van der Waals surface area (Å²) in [5.41, 5.74) is 0. The first kappa shape index (κ1) is 21.8. The minimum atomic E-state index is -0.245. The van der Waals surface area contributed by atoms with E-state index in [1.807, 2.05) is 0 Å². The van der Waals surface area contributed by atoms with Gasteiger partial charge in [-0.25, -0.2) is 0 Å². The van der Waals surface area contributed by atoms with Crippen LogP contribution in [0.4, 0.5) is 0 Å². The van der Waals surface area contributed by atoms with Gasteiger partial charge in [-0.15, -0.1) is 0 Å². The molecule has 0 heterocycles. The quantitative estimate of drug-likeness (QED) is 0.314. The molecule has 0 unspecified atom stereocenters. The van der Waals surface area contributed by atoms with Crippen LogP contribution >= 0.6 is 0 Å². The number of hydrogen-bond donors (Lipinski definition) is 0. The van der Waals surface area contributed by atoms with Crippen LogP contribution in [-0.2, 0) is 33.3 Å². The second-order valence-corrected chi connectivity index (χ2v) is 4.93. The Kier molecular flexibility index (Phi) is 16.3. The van der Waals surface area contributed by atoms with Gasteiger partial charge in [0.25, 0.3) is 0 Å². The van der Waals surface area contributed by atoms with Crippen LogP contribution in [0.5, 0.6) is 0 Å². The molecule has 0 radical (unpaired) electrons. The lowest BCUT2D eigenvalue weighted by atomic mass is 10.3. The standard InChI is InChI=1S/C16H30O7/c1-15(17)22-9-5-3-7-19-11-13-21-14-12-20-8-4-6-10-23-16(2)18/h3-14H2,1-2H3. The van der Waals surface area contributed by atoms with Crippen molar-refractivity contribution in [1.82, 2.24) is 0 Å². The summed E-state index contributed by atoms with van der Waals surface area (Å²) in [5, 5.41) is 0. The molecule has 0 atom stereocenters. The molecule has 7 nitrogen and oxygen atoms in total. The highest BCUT2D eigenvalue weighted by molar-refractivity contribution is 5.66. The van der Waals surface area contributed by atoms with Gasteiger partial charge < -0.3 is 23.7 Å². The first-order chi connectivity index (χ1) is 11.1. The van der Waals surface area contributed by atoms with Gasteiger partial charge in [0.2, 0.25) is 0 Å². The molecule has 0 spiro atoms. The molecule has 0 saturated heterocycles. The number of rotatable bonds is 16. The summed E-state index contributed by atoms with van der Waals surface area (Å²) in [7, 11) is 0. The lowest BCUT2D eigenvalue weighted by Gasteiger charge is -2.07. The Morgan fingerprint density at radius 3 is 1.17 bits per heavy atom. The Bertz CT molecular complexity index is 266. The first-order valence-electron chi connectivity index (χ1n) is 8.13. The van der Waals surface area contributed by atoms with E-state index in [0.717, 1.165) is 25.7 Å². The Labute approximate surface area is 138 Å². The fraction of sp³-hybridized carbons (Fsp3) is 0.875. The van der Waals surface area contributed by atoms with Crippen molar-refractivity contribution >= 4 is 11.9 Å². The van der Waals surface area contributed by atoms with Gasteiger partial charge in [0.1, 0.15) is 0 Å². The van der Waals surface area contributed by atoms with E-state index in [-0.39, 0.29) is 11.9 Å². The van der Waals surface area contributed by atoms with E-state index >= 15 is 0 Å². The number of carbonyl (C=O) groups is 2. The molecule has 0 bridgehead atoms. The van der Waals surface area contributed by atoms with Crippen LogP contribution in [0.3, 0.4) is 0 Å². The molecule has 0 rings (SSSR count). The van der Waals surface area contributed by atoms with Crippen molar-refractivity contribution in [1.29, 1.82) is 0 Å². The van der Waals surface area contributed by atoms with E-state index in [2.05, 4.69) is 0 Å². The van der Waals surface area contributed by atoms with Gasteiger partial charge in [-0.3, -0.25) is 9.59 Å². The third-order valence-electron chi connectivity index (χ3n) is 2.72. The maximum absolute atomic E-state index is 10.5. The van der Waals surface area contributed by atoms with Crippen molar-refractivity contribution in [2.75, 3.05) is 52.9 Å². The van der Waals surface area contributed by atoms with Crippen molar-refractivity contribution in [2.45, 2.75) is 39.5 Å². The molecule has 23 heavy (non-hydrogen) atoms. The predicted molar refractivity (Wildman–Crippen MR) is 84.2 cm³/mol. The maximum Gasteiger partial charge on any atom is 0.302 e. The second-order valence-electron chi connectivity index (χ2n) is 4.93. The molecule has 0 aliphatic heterocycles. The highest BCUT2D eigenvalue weighted by Gasteiger charge is 1.96. The van der Waals surface area contributed by atoms with Crippen LogP contribution in [0.15, 0.2) is 0 Å². The summed E-state index contributed by atoms with van der Waals surface area (Å²) in [6, 6.07) is 0. The molecule has 7 heteroatoms. The highest BCUT2D eigenvalue weighted by Crippen LogP contribution is 1.93. The van der Waals surface area contributed by atoms with E-state index in [4.69, 9.17) is 23.7 Å². The molecule has 0 amide bonds. The number of carbonyl (C=O) groups excluding carboxylic acids is 2. The molecule has 0 aromatic carbocycles. The van der Waals surface area contributed by atoms with Gasteiger partial charge >= 0.3 is 11.9 Å². The Morgan fingerprint density at radius 1 is 0.522 bits per heavy atom. The molecular weight excluding hydrogens is 304 g/mol. The average Bonchev–Trinajstić information content (AvgIpc) is 2.49. The van der Waals surface area contributed by atoms with Crippen molar-refractivity contribution in [3.63, 3.8) is 0 Å². The molecule has 0 aliphatic rings. The zero-order chi connectivity index (χ0) is 17.2. The summed E-state index contributed by atoms with van der Waals surface area (Å²) in [5.74, 6) is -0.489. The molecule has 0 saturated carbocycles. The second kappa shape index (κ2) is 17.2. The van der Waals surface area contributed by atoms with Crippen LogP contribution in [-0.4, -0.2) is 64.8 Å². The van der Waals surface area contributed by atoms with Gasteiger partial charge in [0.15, 0.2) is 0 Å².